The smallest absolute Gasteiger partial charge is 0.261 e. The second kappa shape index (κ2) is 13.6. The van der Waals surface area contributed by atoms with E-state index in [1.165, 1.54) is 24.9 Å². The number of halogens is 1. The number of aromatic nitrogens is 3. The molecule has 2 aliphatic rings. The summed E-state index contributed by atoms with van der Waals surface area (Å²) >= 11 is 0. The molecule has 0 unspecified atom stereocenters. The van der Waals surface area contributed by atoms with E-state index in [0.717, 1.165) is 62.9 Å². The van der Waals surface area contributed by atoms with Gasteiger partial charge in [-0.05, 0) is 108 Å². The first-order chi connectivity index (χ1) is 21.8. The maximum Gasteiger partial charge on any atom is 0.261 e. The minimum atomic E-state index is -0.720. The lowest BCUT2D eigenvalue weighted by molar-refractivity contribution is 0.101. The Hall–Kier alpha value is -3.86. The number of amides is 1. The number of likely N-dealkylation sites (N-methyl/N-ethyl adjacent to an activating group) is 1. The molecule has 0 bridgehead atoms. The number of aliphatic hydroxyl groups excluding tert-OH is 1. The van der Waals surface area contributed by atoms with E-state index in [1.807, 2.05) is 6.07 Å². The third-order valence-electron chi connectivity index (χ3n) is 9.39. The second-order valence-electron chi connectivity index (χ2n) is 12.6. The zero-order valence-corrected chi connectivity index (χ0v) is 26.4. The van der Waals surface area contributed by atoms with Crippen LogP contribution < -0.4 is 10.1 Å². The van der Waals surface area contributed by atoms with Gasteiger partial charge in [-0.1, -0.05) is 18.2 Å². The Morgan fingerprint density at radius 2 is 1.82 bits per heavy atom. The first kappa shape index (κ1) is 31.1. The van der Waals surface area contributed by atoms with Gasteiger partial charge in [-0.2, -0.15) is 0 Å². The summed E-state index contributed by atoms with van der Waals surface area (Å²) in [5.41, 5.74) is 3.43. The van der Waals surface area contributed by atoms with Crippen molar-refractivity contribution < 1.29 is 19.0 Å². The van der Waals surface area contributed by atoms with Crippen LogP contribution >= 0.6 is 0 Å². The third kappa shape index (κ3) is 6.73. The Labute approximate surface area is 264 Å². The van der Waals surface area contributed by atoms with Crippen LogP contribution in [-0.4, -0.2) is 88.8 Å². The Balaban J connectivity index is 1.30. The fourth-order valence-corrected chi connectivity index (χ4v) is 6.79. The van der Waals surface area contributed by atoms with E-state index in [1.54, 1.807) is 24.3 Å². The lowest BCUT2D eigenvalue weighted by atomic mass is 9.89. The molecule has 9 nitrogen and oxygen atoms in total. The maximum absolute atomic E-state index is 15.9. The Bertz CT molecular complexity index is 1640. The number of fused-ring (bicyclic) bond motifs is 1. The Morgan fingerprint density at radius 1 is 1.07 bits per heavy atom. The monoisotopic (exact) mass is 614 g/mol. The lowest BCUT2D eigenvalue weighted by Crippen LogP contribution is -2.37. The van der Waals surface area contributed by atoms with Crippen LogP contribution in [0.4, 0.5) is 10.3 Å². The fraction of sp³-hybridized carbons (Fsp3) is 0.457. The molecule has 1 aliphatic carbocycles. The van der Waals surface area contributed by atoms with Crippen molar-refractivity contribution in [3.8, 4) is 17.0 Å². The molecular formula is C35H43FN6O3. The number of hydrogen-bond acceptors (Lipinski definition) is 7. The van der Waals surface area contributed by atoms with E-state index in [0.29, 0.717) is 36.0 Å². The van der Waals surface area contributed by atoms with Crippen LogP contribution in [0.25, 0.3) is 22.3 Å². The van der Waals surface area contributed by atoms with Gasteiger partial charge in [-0.3, -0.25) is 15.1 Å². The van der Waals surface area contributed by atoms with Crippen molar-refractivity contribution in [2.75, 3.05) is 52.7 Å². The van der Waals surface area contributed by atoms with E-state index < -0.39 is 11.7 Å². The van der Waals surface area contributed by atoms with Crippen LogP contribution in [0.3, 0.4) is 0 Å². The molecule has 1 aliphatic heterocycles. The molecule has 0 radical (unpaired) electrons. The number of anilines is 1. The number of carbonyl (C=O) groups excluding carboxylic acids is 1. The van der Waals surface area contributed by atoms with Crippen molar-refractivity contribution >= 4 is 22.9 Å². The predicted molar refractivity (Wildman–Crippen MR) is 174 cm³/mol. The molecular weight excluding hydrogens is 571 g/mol. The van der Waals surface area contributed by atoms with Gasteiger partial charge in [0.2, 0.25) is 5.95 Å². The van der Waals surface area contributed by atoms with Crippen LogP contribution in [0, 0.1) is 5.82 Å². The number of nitrogens with one attached hydrogen (secondary N) is 1. The highest BCUT2D eigenvalue weighted by molar-refractivity contribution is 6.05. The van der Waals surface area contributed by atoms with E-state index in [-0.39, 0.29) is 23.4 Å². The molecule has 2 fully saturated rings. The topological polar surface area (TPSA) is 95.7 Å². The number of rotatable bonds is 9. The average molecular weight is 615 g/mol. The van der Waals surface area contributed by atoms with Gasteiger partial charge in [0, 0.05) is 30.9 Å². The summed E-state index contributed by atoms with van der Waals surface area (Å²) in [6.07, 6.45) is 6.22. The highest BCUT2D eigenvalue weighted by Gasteiger charge is 2.28. The number of aliphatic hydroxyl groups is 1. The van der Waals surface area contributed by atoms with Gasteiger partial charge in [-0.15, -0.1) is 0 Å². The van der Waals surface area contributed by atoms with E-state index in [4.69, 9.17) is 9.72 Å². The molecule has 1 amide bonds. The van der Waals surface area contributed by atoms with Gasteiger partial charge >= 0.3 is 0 Å². The van der Waals surface area contributed by atoms with Crippen molar-refractivity contribution in [3.63, 3.8) is 0 Å². The average Bonchev–Trinajstić information content (AvgIpc) is 3.41. The number of piperidine rings is 1. The van der Waals surface area contributed by atoms with E-state index >= 15 is 4.39 Å². The second-order valence-corrected chi connectivity index (χ2v) is 12.6. The molecule has 1 saturated heterocycles. The summed E-state index contributed by atoms with van der Waals surface area (Å²) in [4.78, 5) is 27.5. The highest BCUT2D eigenvalue weighted by Crippen LogP contribution is 2.37. The van der Waals surface area contributed by atoms with Crippen molar-refractivity contribution in [1.82, 2.24) is 24.3 Å². The summed E-state index contributed by atoms with van der Waals surface area (Å²) in [7, 11) is 5.74. The molecule has 6 rings (SSSR count). The molecule has 2 N–H and O–H groups in total. The molecule has 1 saturated carbocycles. The van der Waals surface area contributed by atoms with Crippen LogP contribution in [0.5, 0.6) is 5.75 Å². The first-order valence-electron chi connectivity index (χ1n) is 16.0. The lowest BCUT2D eigenvalue weighted by Gasteiger charge is -2.33. The fourth-order valence-electron chi connectivity index (χ4n) is 6.79. The maximum atomic E-state index is 15.9. The number of carbonyl (C=O) groups is 1. The van der Waals surface area contributed by atoms with E-state index in [9.17, 15) is 9.90 Å². The van der Waals surface area contributed by atoms with Gasteiger partial charge in [-0.25, -0.2) is 9.37 Å². The highest BCUT2D eigenvalue weighted by atomic mass is 19.1. The molecule has 4 aromatic rings. The van der Waals surface area contributed by atoms with E-state index in [2.05, 4.69) is 50.9 Å². The largest absolute Gasteiger partial charge is 0.496 e. The number of methoxy groups -OCH3 is 1. The van der Waals surface area contributed by atoms with Gasteiger partial charge in [0.25, 0.3) is 5.91 Å². The zero-order valence-electron chi connectivity index (χ0n) is 26.4. The van der Waals surface area contributed by atoms with Crippen molar-refractivity contribution in [1.29, 1.82) is 0 Å². The number of benzene rings is 2. The number of imidazole rings is 1. The predicted octanol–water partition coefficient (Wildman–Crippen LogP) is 5.72. The Kier molecular flexibility index (Phi) is 9.44. The molecule has 2 aromatic carbocycles. The Morgan fingerprint density at radius 3 is 2.56 bits per heavy atom. The normalized spacial score (nSPS) is 19.7. The van der Waals surface area contributed by atoms with Crippen LogP contribution in [0.1, 0.15) is 66.4 Å². The van der Waals surface area contributed by atoms with Crippen molar-refractivity contribution in [3.05, 3.63) is 71.7 Å². The summed E-state index contributed by atoms with van der Waals surface area (Å²) in [6.45, 7) is 4.30. The van der Waals surface area contributed by atoms with Gasteiger partial charge in [0.05, 0.1) is 29.8 Å². The molecule has 3 heterocycles. The number of pyridine rings is 1. The summed E-state index contributed by atoms with van der Waals surface area (Å²) in [5.74, 6) is 0.00435. The van der Waals surface area contributed by atoms with Crippen LogP contribution in [0.15, 0.2) is 54.7 Å². The summed E-state index contributed by atoms with van der Waals surface area (Å²) < 4.78 is 23.4. The number of nitrogens with zero attached hydrogens (tertiary/aromatic N) is 5. The number of para-hydroxylation sites is 1. The molecule has 0 spiro atoms. The zero-order chi connectivity index (χ0) is 31.5. The van der Waals surface area contributed by atoms with Crippen LogP contribution in [0.2, 0.25) is 0 Å². The number of hydrogen-bond donors (Lipinski definition) is 2. The minimum Gasteiger partial charge on any atom is -0.496 e. The van der Waals surface area contributed by atoms with Crippen molar-refractivity contribution in [2.45, 2.75) is 56.6 Å². The first-order valence-corrected chi connectivity index (χ1v) is 16.0. The SMILES string of the molecule is COc1ccccc1-c1nccc(C(=O)Nc2nc3ccc(C4CCN(CCN(C)C)CC4)cc3n2[C@H]2CC[C@@H](O)CC2)c1F. The number of likely N-dealkylation sites (tertiary alicyclic amines) is 1. The molecule has 238 valence electrons. The number of ether oxygens (including phenoxy) is 1. The van der Waals surface area contributed by atoms with Gasteiger partial charge in [0.1, 0.15) is 11.4 Å². The standard InChI is InChI=1S/C35H43FN6O3/c1-40(2)20-21-41-18-15-23(16-19-41)24-8-13-29-30(22-24)42(25-9-11-26(43)12-10-25)35(38-29)39-34(44)28-14-17-37-33(32(28)36)27-6-4-5-7-31(27)45-3/h4-8,13-14,17,22-23,25-26,43H,9-12,15-16,18-21H2,1-3H3,(H,38,39,44)/t25-,26+. The summed E-state index contributed by atoms with van der Waals surface area (Å²) in [5, 5.41) is 13.2. The molecule has 45 heavy (non-hydrogen) atoms. The third-order valence-corrected chi connectivity index (χ3v) is 9.39. The minimum absolute atomic E-state index is 0.0484. The van der Waals surface area contributed by atoms with Crippen LogP contribution in [-0.2, 0) is 0 Å². The molecule has 10 heteroatoms. The molecule has 0 atom stereocenters. The summed E-state index contributed by atoms with van der Waals surface area (Å²) in [6, 6.07) is 14.9. The van der Waals surface area contributed by atoms with Gasteiger partial charge in [0.15, 0.2) is 5.82 Å². The molecule has 2 aromatic heterocycles. The quantitative estimate of drug-likeness (QED) is 0.249. The van der Waals surface area contributed by atoms with Crippen molar-refractivity contribution in [2.24, 2.45) is 0 Å². The van der Waals surface area contributed by atoms with Gasteiger partial charge < -0.3 is 24.2 Å².